The first-order valence-corrected chi connectivity index (χ1v) is 10.7. The van der Waals surface area contributed by atoms with E-state index in [4.69, 9.17) is 16.3 Å². The molecule has 1 aromatic heterocycles. The molecule has 0 bridgehead atoms. The summed E-state index contributed by atoms with van der Waals surface area (Å²) in [6.45, 7) is 0.160. The minimum absolute atomic E-state index is 0.0278. The molecule has 0 saturated carbocycles. The van der Waals surface area contributed by atoms with E-state index in [1.165, 1.54) is 34.6 Å². The predicted octanol–water partition coefficient (Wildman–Crippen LogP) is 4.13. The molecule has 1 fully saturated rings. The number of piperidine rings is 1. The Bertz CT molecular complexity index is 1170. The summed E-state index contributed by atoms with van der Waals surface area (Å²) in [6, 6.07) is 7.68. The van der Waals surface area contributed by atoms with E-state index in [9.17, 15) is 21.6 Å². The van der Waals surface area contributed by atoms with Gasteiger partial charge in [-0.05, 0) is 47.4 Å². The van der Waals surface area contributed by atoms with Crippen molar-refractivity contribution in [2.24, 2.45) is 0 Å². The number of benzene rings is 2. The van der Waals surface area contributed by atoms with Crippen molar-refractivity contribution < 1.29 is 31.0 Å². The van der Waals surface area contributed by atoms with Gasteiger partial charge in [-0.1, -0.05) is 23.7 Å². The fourth-order valence-electron chi connectivity index (χ4n) is 3.33. The van der Waals surface area contributed by atoms with Crippen LogP contribution in [0.4, 0.5) is 13.2 Å². The van der Waals surface area contributed by atoms with E-state index in [-0.39, 0.29) is 52.6 Å². The van der Waals surface area contributed by atoms with Gasteiger partial charge in [0.05, 0.1) is 10.6 Å². The number of alkyl halides is 3. The standard InChI is InChI=1S/C18H15ClF3N3O4S/c19-13-5-6-15(17-16(13)23-29-24-17)30(26,27)25-9-7-11(8-10-25)28-14-4-2-1-3-12(14)18(20,21)22/h1-6,11H,7-10H2. The summed E-state index contributed by atoms with van der Waals surface area (Å²) < 4.78 is 76.9. The van der Waals surface area contributed by atoms with Crippen molar-refractivity contribution >= 4 is 32.7 Å². The molecular weight excluding hydrogens is 447 g/mol. The molecule has 0 aliphatic carbocycles. The molecule has 2 aromatic carbocycles. The molecule has 0 radical (unpaired) electrons. The normalized spacial score (nSPS) is 16.8. The summed E-state index contributed by atoms with van der Waals surface area (Å²) >= 11 is 5.98. The molecule has 3 aromatic rings. The number of sulfonamides is 1. The van der Waals surface area contributed by atoms with Gasteiger partial charge >= 0.3 is 6.18 Å². The first-order valence-electron chi connectivity index (χ1n) is 8.92. The maximum absolute atomic E-state index is 13.1. The predicted molar refractivity (Wildman–Crippen MR) is 101 cm³/mol. The summed E-state index contributed by atoms with van der Waals surface area (Å²) in [7, 11) is -3.93. The van der Waals surface area contributed by atoms with Crippen molar-refractivity contribution in [3.63, 3.8) is 0 Å². The van der Waals surface area contributed by atoms with Gasteiger partial charge in [-0.2, -0.15) is 17.5 Å². The third kappa shape index (κ3) is 3.84. The minimum Gasteiger partial charge on any atom is -0.490 e. The molecule has 1 aliphatic rings. The molecule has 0 N–H and O–H groups in total. The van der Waals surface area contributed by atoms with Crippen LogP contribution in [0.5, 0.6) is 5.75 Å². The van der Waals surface area contributed by atoms with Gasteiger partial charge in [0.1, 0.15) is 16.7 Å². The van der Waals surface area contributed by atoms with Gasteiger partial charge in [-0.15, -0.1) is 0 Å². The second kappa shape index (κ2) is 7.71. The fraction of sp³-hybridized carbons (Fsp3) is 0.333. The lowest BCUT2D eigenvalue weighted by molar-refractivity contribution is -0.139. The number of rotatable bonds is 4. The van der Waals surface area contributed by atoms with E-state index in [0.717, 1.165) is 6.07 Å². The van der Waals surface area contributed by atoms with Gasteiger partial charge in [0.2, 0.25) is 10.0 Å². The summed E-state index contributed by atoms with van der Waals surface area (Å²) in [5.74, 6) is -0.264. The van der Waals surface area contributed by atoms with Crippen LogP contribution in [0, 0.1) is 0 Å². The Morgan fingerprint density at radius 3 is 2.43 bits per heavy atom. The van der Waals surface area contributed by atoms with Gasteiger partial charge in [-0.25, -0.2) is 13.0 Å². The summed E-state index contributed by atoms with van der Waals surface area (Å²) in [5, 5.41) is 7.46. The zero-order valence-electron chi connectivity index (χ0n) is 15.3. The van der Waals surface area contributed by atoms with Crippen LogP contribution in [0.25, 0.3) is 11.0 Å². The lowest BCUT2D eigenvalue weighted by atomic mass is 10.1. The van der Waals surface area contributed by atoms with Crippen LogP contribution in [0.3, 0.4) is 0 Å². The van der Waals surface area contributed by atoms with E-state index in [2.05, 4.69) is 14.9 Å². The Kier molecular flexibility index (Phi) is 5.37. The van der Waals surface area contributed by atoms with Crippen LogP contribution >= 0.6 is 11.6 Å². The summed E-state index contributed by atoms with van der Waals surface area (Å²) in [6.07, 6.45) is -4.61. The van der Waals surface area contributed by atoms with Crippen LogP contribution in [-0.2, 0) is 16.2 Å². The number of aromatic nitrogens is 2. The van der Waals surface area contributed by atoms with E-state index in [1.807, 2.05) is 0 Å². The van der Waals surface area contributed by atoms with Gasteiger partial charge in [0.15, 0.2) is 11.0 Å². The Balaban J connectivity index is 1.50. The molecular formula is C18H15ClF3N3O4S. The zero-order chi connectivity index (χ0) is 21.5. The highest BCUT2D eigenvalue weighted by Gasteiger charge is 2.36. The molecule has 0 atom stereocenters. The fourth-order valence-corrected chi connectivity index (χ4v) is 5.11. The van der Waals surface area contributed by atoms with Gasteiger partial charge in [0.25, 0.3) is 0 Å². The van der Waals surface area contributed by atoms with Gasteiger partial charge < -0.3 is 4.74 Å². The van der Waals surface area contributed by atoms with Crippen LogP contribution in [0.15, 0.2) is 45.9 Å². The van der Waals surface area contributed by atoms with E-state index < -0.39 is 27.9 Å². The maximum Gasteiger partial charge on any atom is 0.419 e. The highest BCUT2D eigenvalue weighted by molar-refractivity contribution is 7.89. The van der Waals surface area contributed by atoms with Gasteiger partial charge in [0, 0.05) is 13.1 Å². The van der Waals surface area contributed by atoms with Crippen molar-refractivity contribution in [2.45, 2.75) is 30.0 Å². The summed E-state index contributed by atoms with van der Waals surface area (Å²) in [4.78, 5) is -0.0927. The lowest BCUT2D eigenvalue weighted by Gasteiger charge is -2.32. The topological polar surface area (TPSA) is 85.5 Å². The number of para-hydroxylation sites is 1. The second-order valence-corrected chi connectivity index (χ2v) is 9.04. The Morgan fingerprint density at radius 2 is 1.73 bits per heavy atom. The SMILES string of the molecule is O=S(=O)(c1ccc(Cl)c2nonc12)N1CCC(Oc2ccccc2C(F)(F)F)CC1. The van der Waals surface area contributed by atoms with E-state index in [0.29, 0.717) is 0 Å². The number of halogens is 4. The minimum atomic E-state index is -4.54. The smallest absolute Gasteiger partial charge is 0.419 e. The summed E-state index contributed by atoms with van der Waals surface area (Å²) in [5.41, 5.74) is -0.693. The molecule has 12 heteroatoms. The molecule has 1 aliphatic heterocycles. The Hall–Kier alpha value is -2.37. The molecule has 0 unspecified atom stereocenters. The zero-order valence-corrected chi connectivity index (χ0v) is 16.8. The number of hydrogen-bond acceptors (Lipinski definition) is 6. The molecule has 4 rings (SSSR count). The lowest BCUT2D eigenvalue weighted by Crippen LogP contribution is -2.41. The maximum atomic E-state index is 13.1. The third-order valence-corrected chi connectivity index (χ3v) is 7.07. The van der Waals surface area contributed by atoms with Crippen molar-refractivity contribution in [1.82, 2.24) is 14.6 Å². The van der Waals surface area contributed by atoms with Crippen LogP contribution in [-0.4, -0.2) is 42.2 Å². The van der Waals surface area contributed by atoms with E-state index >= 15 is 0 Å². The Morgan fingerprint density at radius 1 is 1.07 bits per heavy atom. The van der Waals surface area contributed by atoms with Crippen LogP contribution in [0.1, 0.15) is 18.4 Å². The van der Waals surface area contributed by atoms with Crippen molar-refractivity contribution in [3.8, 4) is 5.75 Å². The molecule has 1 saturated heterocycles. The average molecular weight is 462 g/mol. The monoisotopic (exact) mass is 461 g/mol. The van der Waals surface area contributed by atoms with E-state index in [1.54, 1.807) is 0 Å². The molecule has 30 heavy (non-hydrogen) atoms. The molecule has 0 spiro atoms. The molecule has 0 amide bonds. The second-order valence-electron chi connectivity index (χ2n) is 6.72. The highest BCUT2D eigenvalue weighted by atomic mass is 35.5. The number of ether oxygens (including phenoxy) is 1. The van der Waals surface area contributed by atoms with Crippen molar-refractivity contribution in [3.05, 3.63) is 47.0 Å². The van der Waals surface area contributed by atoms with Crippen LogP contribution in [0.2, 0.25) is 5.02 Å². The van der Waals surface area contributed by atoms with Gasteiger partial charge in [-0.3, -0.25) is 0 Å². The van der Waals surface area contributed by atoms with Crippen LogP contribution < -0.4 is 4.74 Å². The highest BCUT2D eigenvalue weighted by Crippen LogP contribution is 2.37. The number of nitrogens with zero attached hydrogens (tertiary/aromatic N) is 3. The van der Waals surface area contributed by atoms with Crippen molar-refractivity contribution in [1.29, 1.82) is 0 Å². The number of hydrogen-bond donors (Lipinski definition) is 0. The number of fused-ring (bicyclic) bond motifs is 1. The molecule has 2 heterocycles. The quantitative estimate of drug-likeness (QED) is 0.581. The first-order chi connectivity index (χ1) is 14.2. The largest absolute Gasteiger partial charge is 0.490 e. The molecule has 7 nitrogen and oxygen atoms in total. The molecule has 160 valence electrons. The van der Waals surface area contributed by atoms with Crippen molar-refractivity contribution in [2.75, 3.05) is 13.1 Å². The first kappa shape index (κ1) is 20.9. The third-order valence-electron chi connectivity index (χ3n) is 4.83. The Labute approximate surface area is 174 Å². The average Bonchev–Trinajstić information content (AvgIpc) is 3.19.